The molecule has 0 fully saturated rings. The molecule has 31 heavy (non-hydrogen) atoms. The van der Waals surface area contributed by atoms with Crippen molar-refractivity contribution in [2.75, 3.05) is 24.7 Å². The van der Waals surface area contributed by atoms with Crippen LogP contribution < -0.4 is 5.32 Å². The van der Waals surface area contributed by atoms with E-state index in [2.05, 4.69) is 15.3 Å². The van der Waals surface area contributed by atoms with Crippen molar-refractivity contribution in [3.05, 3.63) is 46.1 Å². The predicted molar refractivity (Wildman–Crippen MR) is 119 cm³/mol. The number of sulfone groups is 1. The second kappa shape index (κ2) is 9.00. The van der Waals surface area contributed by atoms with E-state index in [4.69, 9.17) is 16.3 Å². The highest BCUT2D eigenvalue weighted by Crippen LogP contribution is 2.26. The number of nitrogens with one attached hydrogen (secondary N) is 1. The van der Waals surface area contributed by atoms with Crippen molar-refractivity contribution in [1.29, 1.82) is 0 Å². The van der Waals surface area contributed by atoms with Crippen LogP contribution in [0.15, 0.2) is 29.4 Å². The van der Waals surface area contributed by atoms with E-state index in [1.54, 1.807) is 20.8 Å². The Morgan fingerprint density at radius 3 is 2.61 bits per heavy atom. The van der Waals surface area contributed by atoms with E-state index in [0.717, 1.165) is 17.4 Å². The highest BCUT2D eigenvalue weighted by atomic mass is 35.5. The standard InChI is InChI=1S/C21H27ClN4O4S/c1-21(2,3)30-20(27)26-12-10-15-17(13-26)24-19(31(4,28)29)25-18(15)23-11-9-14-7-5-6-8-16(14)22/h5-8H,9-13H2,1-4H3,(H,23,24,25). The van der Waals surface area contributed by atoms with Crippen LogP contribution in [0, 0.1) is 0 Å². The molecule has 0 spiro atoms. The van der Waals surface area contributed by atoms with Crippen LogP contribution >= 0.6 is 11.6 Å². The molecular formula is C21H27ClN4O4S. The number of fused-ring (bicyclic) bond motifs is 1. The summed E-state index contributed by atoms with van der Waals surface area (Å²) in [6.07, 6.45) is 1.76. The minimum Gasteiger partial charge on any atom is -0.444 e. The van der Waals surface area contributed by atoms with Crippen molar-refractivity contribution in [2.24, 2.45) is 0 Å². The number of ether oxygens (including phenoxy) is 1. The number of benzene rings is 1. The molecule has 1 N–H and O–H groups in total. The number of nitrogens with zero attached hydrogens (tertiary/aromatic N) is 3. The average molecular weight is 467 g/mol. The first-order valence-corrected chi connectivity index (χ1v) is 12.3. The monoisotopic (exact) mass is 466 g/mol. The molecule has 1 aliphatic rings. The normalized spacial score (nSPS) is 14.2. The van der Waals surface area contributed by atoms with Crippen molar-refractivity contribution >= 4 is 33.3 Å². The minimum atomic E-state index is -3.63. The van der Waals surface area contributed by atoms with E-state index < -0.39 is 21.5 Å². The van der Waals surface area contributed by atoms with Crippen molar-refractivity contribution in [2.45, 2.75) is 50.9 Å². The van der Waals surface area contributed by atoms with Gasteiger partial charge in [-0.05, 0) is 45.2 Å². The fraction of sp³-hybridized carbons (Fsp3) is 0.476. The summed E-state index contributed by atoms with van der Waals surface area (Å²) in [5, 5.41) is 3.65. The summed E-state index contributed by atoms with van der Waals surface area (Å²) in [7, 11) is -3.63. The summed E-state index contributed by atoms with van der Waals surface area (Å²) in [5.74, 6) is 0.473. The van der Waals surface area contributed by atoms with Crippen molar-refractivity contribution < 1.29 is 17.9 Å². The summed E-state index contributed by atoms with van der Waals surface area (Å²) in [4.78, 5) is 22.5. The zero-order chi connectivity index (χ0) is 22.8. The first-order chi connectivity index (χ1) is 14.4. The molecule has 1 aromatic heterocycles. The third kappa shape index (κ3) is 6.07. The second-order valence-electron chi connectivity index (χ2n) is 8.47. The van der Waals surface area contributed by atoms with Gasteiger partial charge in [0.1, 0.15) is 11.4 Å². The topological polar surface area (TPSA) is 101 Å². The van der Waals surface area contributed by atoms with E-state index in [1.165, 1.54) is 4.90 Å². The third-order valence-electron chi connectivity index (χ3n) is 4.67. The summed E-state index contributed by atoms with van der Waals surface area (Å²) in [6, 6.07) is 7.56. The lowest BCUT2D eigenvalue weighted by Gasteiger charge is -2.31. The van der Waals surface area contributed by atoms with E-state index in [1.807, 2.05) is 24.3 Å². The molecule has 1 aliphatic heterocycles. The van der Waals surface area contributed by atoms with Gasteiger partial charge >= 0.3 is 6.09 Å². The van der Waals surface area contributed by atoms with E-state index in [-0.39, 0.29) is 11.7 Å². The fourth-order valence-corrected chi connectivity index (χ4v) is 3.98. The number of aromatic nitrogens is 2. The zero-order valence-corrected chi connectivity index (χ0v) is 19.7. The van der Waals surface area contributed by atoms with Crippen molar-refractivity contribution in [3.8, 4) is 0 Å². The number of halogens is 1. The van der Waals surface area contributed by atoms with E-state index in [9.17, 15) is 13.2 Å². The van der Waals surface area contributed by atoms with Gasteiger partial charge in [0.25, 0.3) is 0 Å². The Morgan fingerprint density at radius 1 is 1.26 bits per heavy atom. The minimum absolute atomic E-state index is 0.161. The average Bonchev–Trinajstić information content (AvgIpc) is 2.66. The lowest BCUT2D eigenvalue weighted by Crippen LogP contribution is -2.40. The van der Waals surface area contributed by atoms with Crippen LogP contribution in [0.5, 0.6) is 0 Å². The van der Waals surface area contributed by atoms with Crippen LogP contribution in [0.4, 0.5) is 10.6 Å². The first kappa shape index (κ1) is 23.3. The lowest BCUT2D eigenvalue weighted by molar-refractivity contribution is 0.0220. The molecule has 2 aromatic rings. The molecule has 0 bridgehead atoms. The highest BCUT2D eigenvalue weighted by molar-refractivity contribution is 7.90. The van der Waals surface area contributed by atoms with Gasteiger partial charge in [0.05, 0.1) is 12.2 Å². The molecule has 0 saturated carbocycles. The molecule has 8 nitrogen and oxygen atoms in total. The number of carbonyl (C=O) groups is 1. The summed E-state index contributed by atoms with van der Waals surface area (Å²) < 4.78 is 29.7. The molecule has 1 aromatic carbocycles. The van der Waals surface area contributed by atoms with Crippen LogP contribution in [-0.2, 0) is 34.0 Å². The fourth-order valence-electron chi connectivity index (χ4n) is 3.22. The largest absolute Gasteiger partial charge is 0.444 e. The predicted octanol–water partition coefficient (Wildman–Crippen LogP) is 3.48. The SMILES string of the molecule is CC(C)(C)OC(=O)N1CCc2c(nc(S(C)(=O)=O)nc2NCCc2ccccc2Cl)C1. The number of rotatable bonds is 5. The zero-order valence-electron chi connectivity index (χ0n) is 18.1. The molecule has 0 atom stereocenters. The summed E-state index contributed by atoms with van der Waals surface area (Å²) >= 11 is 6.22. The molecule has 1 amide bonds. The summed E-state index contributed by atoms with van der Waals surface area (Å²) in [5.41, 5.74) is 1.69. The number of hydrogen-bond acceptors (Lipinski definition) is 7. The van der Waals surface area contributed by atoms with Crippen LogP contribution in [0.2, 0.25) is 5.02 Å². The van der Waals surface area contributed by atoms with E-state index in [0.29, 0.717) is 42.5 Å². The molecule has 0 unspecified atom stereocenters. The molecule has 3 rings (SSSR count). The van der Waals surface area contributed by atoms with Crippen LogP contribution in [0.1, 0.15) is 37.6 Å². The van der Waals surface area contributed by atoms with Gasteiger partial charge in [-0.3, -0.25) is 0 Å². The first-order valence-electron chi connectivity index (χ1n) is 9.99. The Balaban J connectivity index is 1.83. The Morgan fingerprint density at radius 2 is 1.97 bits per heavy atom. The molecular weight excluding hydrogens is 440 g/mol. The van der Waals surface area contributed by atoms with Crippen molar-refractivity contribution in [1.82, 2.24) is 14.9 Å². The highest BCUT2D eigenvalue weighted by Gasteiger charge is 2.29. The Bertz CT molecular complexity index is 1080. The molecule has 0 saturated heterocycles. The van der Waals surface area contributed by atoms with E-state index >= 15 is 0 Å². The number of anilines is 1. The van der Waals surface area contributed by atoms with Gasteiger partial charge in [0, 0.05) is 29.9 Å². The molecule has 0 radical (unpaired) electrons. The van der Waals surface area contributed by atoms with Gasteiger partial charge in [0.15, 0.2) is 0 Å². The smallest absolute Gasteiger partial charge is 0.410 e. The third-order valence-corrected chi connectivity index (χ3v) is 5.89. The van der Waals surface area contributed by atoms with Crippen LogP contribution in [-0.4, -0.2) is 54.3 Å². The number of amides is 1. The van der Waals surface area contributed by atoms with Gasteiger partial charge in [-0.15, -0.1) is 0 Å². The Hall–Kier alpha value is -2.39. The molecule has 2 heterocycles. The van der Waals surface area contributed by atoms with Crippen LogP contribution in [0.3, 0.4) is 0 Å². The van der Waals surface area contributed by atoms with Gasteiger partial charge in [-0.25, -0.2) is 23.2 Å². The van der Waals surface area contributed by atoms with Crippen LogP contribution in [0.25, 0.3) is 0 Å². The van der Waals surface area contributed by atoms with Gasteiger partial charge in [-0.2, -0.15) is 0 Å². The van der Waals surface area contributed by atoms with Gasteiger partial charge in [-0.1, -0.05) is 29.8 Å². The molecule has 168 valence electrons. The Labute approximate surface area is 187 Å². The Kier molecular flexibility index (Phi) is 6.76. The maximum absolute atomic E-state index is 12.5. The number of carbonyl (C=O) groups excluding carboxylic acids is 1. The molecule has 0 aliphatic carbocycles. The quantitative estimate of drug-likeness (QED) is 0.673. The number of hydrogen-bond donors (Lipinski definition) is 1. The van der Waals surface area contributed by atoms with Gasteiger partial charge < -0.3 is 15.0 Å². The van der Waals surface area contributed by atoms with Gasteiger partial charge in [0.2, 0.25) is 15.0 Å². The maximum atomic E-state index is 12.5. The second-order valence-corrected chi connectivity index (χ2v) is 10.8. The lowest BCUT2D eigenvalue weighted by atomic mass is 10.1. The summed E-state index contributed by atoms with van der Waals surface area (Å²) in [6.45, 7) is 6.51. The maximum Gasteiger partial charge on any atom is 0.410 e. The molecule has 10 heteroatoms. The van der Waals surface area contributed by atoms with Crippen molar-refractivity contribution in [3.63, 3.8) is 0 Å².